The molecule has 0 radical (unpaired) electrons. The van der Waals surface area contributed by atoms with Gasteiger partial charge in [0.2, 0.25) is 0 Å². The first kappa shape index (κ1) is 15.4. The number of benzene rings is 2. The molecule has 0 aromatic heterocycles. The zero-order chi connectivity index (χ0) is 14.7. The van der Waals surface area contributed by atoms with Crippen molar-refractivity contribution in [1.82, 2.24) is 0 Å². The van der Waals surface area contributed by atoms with E-state index in [0.29, 0.717) is 11.6 Å². The molecule has 0 aliphatic heterocycles. The van der Waals surface area contributed by atoms with Crippen molar-refractivity contribution < 1.29 is 9.84 Å². The lowest BCUT2D eigenvalue weighted by atomic mass is 9.97. The Labute approximate surface area is 132 Å². The quantitative estimate of drug-likeness (QED) is 0.846. The van der Waals surface area contributed by atoms with Gasteiger partial charge in [0.25, 0.3) is 0 Å². The molecule has 0 amide bonds. The van der Waals surface area contributed by atoms with E-state index < -0.39 is 6.10 Å². The highest BCUT2D eigenvalue weighted by Crippen LogP contribution is 2.33. The summed E-state index contributed by atoms with van der Waals surface area (Å²) in [5.74, 6) is 0.776. The van der Waals surface area contributed by atoms with E-state index >= 15 is 0 Å². The predicted octanol–water partition coefficient (Wildman–Crippen LogP) is 4.89. The standard InChI is InChI=1S/C16H16BrClO2/c1-3-20-12-6-7-13(15(17)9-12)16(19)14-8-11(18)5-4-10(14)2/h4-9,16,19H,3H2,1-2H3. The van der Waals surface area contributed by atoms with Crippen LogP contribution in [0, 0.1) is 6.92 Å². The minimum atomic E-state index is -0.723. The number of hydrogen-bond acceptors (Lipinski definition) is 2. The summed E-state index contributed by atoms with van der Waals surface area (Å²) in [5, 5.41) is 11.2. The molecule has 1 N–H and O–H groups in total. The van der Waals surface area contributed by atoms with E-state index in [1.807, 2.05) is 44.2 Å². The van der Waals surface area contributed by atoms with E-state index in [1.165, 1.54) is 0 Å². The molecule has 0 heterocycles. The highest BCUT2D eigenvalue weighted by Gasteiger charge is 2.16. The lowest BCUT2D eigenvalue weighted by Crippen LogP contribution is -2.03. The van der Waals surface area contributed by atoms with E-state index in [9.17, 15) is 5.11 Å². The zero-order valence-corrected chi connectivity index (χ0v) is 13.7. The molecule has 1 atom stereocenters. The molecule has 1 unspecified atom stereocenters. The van der Waals surface area contributed by atoms with E-state index in [2.05, 4.69) is 15.9 Å². The third-order valence-corrected chi connectivity index (χ3v) is 4.04. The summed E-state index contributed by atoms with van der Waals surface area (Å²) in [5.41, 5.74) is 2.60. The molecular formula is C16H16BrClO2. The second-order valence-corrected chi connectivity index (χ2v) is 5.81. The molecule has 0 aliphatic rings. The number of aliphatic hydroxyl groups excluding tert-OH is 1. The van der Waals surface area contributed by atoms with Crippen LogP contribution in [0.1, 0.15) is 29.7 Å². The van der Waals surface area contributed by atoms with E-state index in [1.54, 1.807) is 6.07 Å². The molecular weight excluding hydrogens is 340 g/mol. The van der Waals surface area contributed by atoms with Crippen LogP contribution < -0.4 is 4.74 Å². The molecule has 2 aromatic rings. The van der Waals surface area contributed by atoms with E-state index in [4.69, 9.17) is 16.3 Å². The molecule has 0 saturated heterocycles. The minimum absolute atomic E-state index is 0.613. The summed E-state index contributed by atoms with van der Waals surface area (Å²) in [6.45, 7) is 4.51. The molecule has 0 spiro atoms. The van der Waals surface area contributed by atoms with Crippen LogP contribution in [-0.4, -0.2) is 11.7 Å². The Bertz CT molecular complexity index is 613. The van der Waals surface area contributed by atoms with E-state index in [-0.39, 0.29) is 0 Å². The van der Waals surface area contributed by atoms with Crippen LogP contribution in [0.5, 0.6) is 5.75 Å². The smallest absolute Gasteiger partial charge is 0.120 e. The number of hydrogen-bond donors (Lipinski definition) is 1. The van der Waals surface area contributed by atoms with Gasteiger partial charge in [0, 0.05) is 9.50 Å². The van der Waals surface area contributed by atoms with Crippen molar-refractivity contribution >= 4 is 27.5 Å². The fourth-order valence-corrected chi connectivity index (χ4v) is 2.81. The van der Waals surface area contributed by atoms with Crippen LogP contribution in [0.15, 0.2) is 40.9 Å². The van der Waals surface area contributed by atoms with Crippen molar-refractivity contribution in [3.05, 3.63) is 62.6 Å². The van der Waals surface area contributed by atoms with Crippen LogP contribution in [0.25, 0.3) is 0 Å². The lowest BCUT2D eigenvalue weighted by Gasteiger charge is -2.17. The van der Waals surface area contributed by atoms with Crippen molar-refractivity contribution in [3.63, 3.8) is 0 Å². The second kappa shape index (κ2) is 6.61. The Morgan fingerprint density at radius 1 is 1.20 bits per heavy atom. The summed E-state index contributed by atoms with van der Waals surface area (Å²) in [4.78, 5) is 0. The van der Waals surface area contributed by atoms with Crippen molar-refractivity contribution in [2.45, 2.75) is 20.0 Å². The van der Waals surface area contributed by atoms with Gasteiger partial charge in [-0.2, -0.15) is 0 Å². The summed E-state index contributed by atoms with van der Waals surface area (Å²) in [6, 6.07) is 11.1. The van der Waals surface area contributed by atoms with Gasteiger partial charge < -0.3 is 9.84 Å². The SMILES string of the molecule is CCOc1ccc(C(O)c2cc(Cl)ccc2C)c(Br)c1. The van der Waals surface area contributed by atoms with Crippen LogP contribution in [0.2, 0.25) is 5.02 Å². The average molecular weight is 356 g/mol. The van der Waals surface area contributed by atoms with Gasteiger partial charge in [0.1, 0.15) is 11.9 Å². The number of rotatable bonds is 4. The number of ether oxygens (including phenoxy) is 1. The third kappa shape index (κ3) is 3.35. The van der Waals surface area contributed by atoms with Gasteiger partial charge in [0.15, 0.2) is 0 Å². The Morgan fingerprint density at radius 2 is 1.95 bits per heavy atom. The first-order valence-electron chi connectivity index (χ1n) is 6.39. The lowest BCUT2D eigenvalue weighted by molar-refractivity contribution is 0.218. The molecule has 4 heteroatoms. The summed E-state index contributed by atoms with van der Waals surface area (Å²) < 4.78 is 6.25. The Kier molecular flexibility index (Phi) is 5.08. The third-order valence-electron chi connectivity index (χ3n) is 3.11. The topological polar surface area (TPSA) is 29.5 Å². The fourth-order valence-electron chi connectivity index (χ4n) is 2.06. The number of halogens is 2. The molecule has 20 heavy (non-hydrogen) atoms. The molecule has 2 nitrogen and oxygen atoms in total. The van der Waals surface area contributed by atoms with Crippen molar-refractivity contribution in [2.75, 3.05) is 6.61 Å². The van der Waals surface area contributed by atoms with Crippen molar-refractivity contribution in [1.29, 1.82) is 0 Å². The maximum atomic E-state index is 10.6. The molecule has 2 rings (SSSR count). The molecule has 106 valence electrons. The molecule has 0 fully saturated rings. The van der Waals surface area contributed by atoms with Gasteiger partial charge in [0.05, 0.1) is 6.61 Å². The maximum absolute atomic E-state index is 10.6. The Hall–Kier alpha value is -1.03. The highest BCUT2D eigenvalue weighted by molar-refractivity contribution is 9.10. The average Bonchev–Trinajstić information content (AvgIpc) is 2.41. The summed E-state index contributed by atoms with van der Waals surface area (Å²) >= 11 is 9.50. The van der Waals surface area contributed by atoms with Crippen LogP contribution in [0.4, 0.5) is 0 Å². The van der Waals surface area contributed by atoms with Crippen LogP contribution in [-0.2, 0) is 0 Å². The van der Waals surface area contributed by atoms with Crippen molar-refractivity contribution in [2.24, 2.45) is 0 Å². The van der Waals surface area contributed by atoms with Gasteiger partial charge in [-0.1, -0.05) is 39.7 Å². The van der Waals surface area contributed by atoms with Crippen molar-refractivity contribution in [3.8, 4) is 5.75 Å². The fraction of sp³-hybridized carbons (Fsp3) is 0.250. The van der Waals surface area contributed by atoms with Gasteiger partial charge in [-0.3, -0.25) is 0 Å². The van der Waals surface area contributed by atoms with Gasteiger partial charge in [-0.15, -0.1) is 0 Å². The largest absolute Gasteiger partial charge is 0.494 e. The van der Waals surface area contributed by atoms with Gasteiger partial charge in [-0.05, 0) is 54.8 Å². The zero-order valence-electron chi connectivity index (χ0n) is 11.4. The molecule has 0 saturated carbocycles. The summed E-state index contributed by atoms with van der Waals surface area (Å²) in [6.07, 6.45) is -0.723. The van der Waals surface area contributed by atoms with Crippen LogP contribution in [0.3, 0.4) is 0 Å². The number of aryl methyl sites for hydroxylation is 1. The first-order chi connectivity index (χ1) is 9.52. The monoisotopic (exact) mass is 354 g/mol. The van der Waals surface area contributed by atoms with E-state index in [0.717, 1.165) is 26.9 Å². The summed E-state index contributed by atoms with van der Waals surface area (Å²) in [7, 11) is 0. The molecule has 0 aliphatic carbocycles. The Balaban J connectivity index is 2.38. The predicted molar refractivity (Wildman–Crippen MR) is 85.6 cm³/mol. The van der Waals surface area contributed by atoms with Gasteiger partial charge >= 0.3 is 0 Å². The second-order valence-electron chi connectivity index (χ2n) is 4.52. The molecule has 0 bridgehead atoms. The highest BCUT2D eigenvalue weighted by atomic mass is 79.9. The maximum Gasteiger partial charge on any atom is 0.120 e. The normalized spacial score (nSPS) is 12.2. The molecule has 2 aromatic carbocycles. The minimum Gasteiger partial charge on any atom is -0.494 e. The Morgan fingerprint density at radius 3 is 2.60 bits per heavy atom. The van der Waals surface area contributed by atoms with Crippen LogP contribution >= 0.6 is 27.5 Å². The first-order valence-corrected chi connectivity index (χ1v) is 7.56. The van der Waals surface area contributed by atoms with Gasteiger partial charge in [-0.25, -0.2) is 0 Å². The number of aliphatic hydroxyl groups is 1.